The molecule has 1 fully saturated rings. The van der Waals surface area contributed by atoms with Crippen LogP contribution < -0.4 is 10.1 Å². The zero-order valence-electron chi connectivity index (χ0n) is 13.8. The molecule has 6 heteroatoms. The molecule has 0 radical (unpaired) electrons. The van der Waals surface area contributed by atoms with Gasteiger partial charge in [0.1, 0.15) is 12.1 Å². The number of halogens is 1. The summed E-state index contributed by atoms with van der Waals surface area (Å²) in [5.41, 5.74) is -0.862. The number of hydrogen-bond acceptors (Lipinski definition) is 3. The molecule has 1 aromatic carbocycles. The summed E-state index contributed by atoms with van der Waals surface area (Å²) in [5.74, 6) is -0.149. The maximum Gasteiger partial charge on any atom is 0.325 e. The SMILES string of the molecule is CC(C)CC[C@]1(C)NC(=O)N(CCOc2ccccc2F)C1=O. The quantitative estimate of drug-likeness (QED) is 0.785. The van der Waals surface area contributed by atoms with Gasteiger partial charge in [-0.1, -0.05) is 26.0 Å². The number of carbonyl (C=O) groups is 2. The van der Waals surface area contributed by atoms with E-state index in [1.54, 1.807) is 19.1 Å². The van der Waals surface area contributed by atoms with Crippen molar-refractivity contribution in [2.75, 3.05) is 13.2 Å². The second-order valence-electron chi connectivity index (χ2n) is 6.43. The molecular formula is C17H23FN2O3. The van der Waals surface area contributed by atoms with E-state index in [9.17, 15) is 14.0 Å². The molecule has 1 aromatic rings. The Labute approximate surface area is 135 Å². The number of amides is 3. The maximum atomic E-state index is 13.5. The molecule has 1 N–H and O–H groups in total. The van der Waals surface area contributed by atoms with Gasteiger partial charge in [0, 0.05) is 0 Å². The second-order valence-corrected chi connectivity index (χ2v) is 6.43. The van der Waals surface area contributed by atoms with Gasteiger partial charge in [0.15, 0.2) is 11.6 Å². The molecule has 1 heterocycles. The van der Waals surface area contributed by atoms with E-state index in [0.717, 1.165) is 11.3 Å². The van der Waals surface area contributed by atoms with Gasteiger partial charge in [0.2, 0.25) is 0 Å². The van der Waals surface area contributed by atoms with Crippen LogP contribution in [0.25, 0.3) is 0 Å². The number of rotatable bonds is 7. The first-order chi connectivity index (χ1) is 10.8. The van der Waals surface area contributed by atoms with Crippen LogP contribution in [-0.2, 0) is 4.79 Å². The Kier molecular flexibility index (Phi) is 5.23. The predicted octanol–water partition coefficient (Wildman–Crippen LogP) is 2.95. The fourth-order valence-corrected chi connectivity index (χ4v) is 2.51. The summed E-state index contributed by atoms with van der Waals surface area (Å²) < 4.78 is 18.8. The molecular weight excluding hydrogens is 299 g/mol. The average Bonchev–Trinajstić information content (AvgIpc) is 2.71. The van der Waals surface area contributed by atoms with Gasteiger partial charge in [0.25, 0.3) is 5.91 Å². The summed E-state index contributed by atoms with van der Waals surface area (Å²) in [4.78, 5) is 25.6. The summed E-state index contributed by atoms with van der Waals surface area (Å²) in [6.07, 6.45) is 1.45. The molecule has 0 aliphatic carbocycles. The number of nitrogens with one attached hydrogen (secondary N) is 1. The fourth-order valence-electron chi connectivity index (χ4n) is 2.51. The molecule has 0 unspecified atom stereocenters. The third kappa shape index (κ3) is 4.00. The Morgan fingerprint density at radius 2 is 2.00 bits per heavy atom. The van der Waals surface area contributed by atoms with Crippen LogP contribution in [0.2, 0.25) is 0 Å². The third-order valence-corrected chi connectivity index (χ3v) is 3.98. The zero-order chi connectivity index (χ0) is 17.0. The van der Waals surface area contributed by atoms with E-state index >= 15 is 0 Å². The topological polar surface area (TPSA) is 58.6 Å². The monoisotopic (exact) mass is 322 g/mol. The number of para-hydroxylation sites is 1. The number of benzene rings is 1. The van der Waals surface area contributed by atoms with Crippen molar-refractivity contribution in [2.24, 2.45) is 5.92 Å². The normalized spacial score (nSPS) is 21.0. The molecule has 1 aliphatic heterocycles. The van der Waals surface area contributed by atoms with Crippen molar-refractivity contribution in [3.05, 3.63) is 30.1 Å². The van der Waals surface area contributed by atoms with E-state index in [1.165, 1.54) is 12.1 Å². The van der Waals surface area contributed by atoms with E-state index in [2.05, 4.69) is 19.2 Å². The largest absolute Gasteiger partial charge is 0.489 e. The van der Waals surface area contributed by atoms with E-state index in [0.29, 0.717) is 12.3 Å². The van der Waals surface area contributed by atoms with Crippen LogP contribution in [0.1, 0.15) is 33.6 Å². The lowest BCUT2D eigenvalue weighted by Gasteiger charge is -2.22. The summed E-state index contributed by atoms with van der Waals surface area (Å²) in [6, 6.07) is 5.62. The van der Waals surface area contributed by atoms with Crippen molar-refractivity contribution in [2.45, 2.75) is 39.2 Å². The number of urea groups is 1. The van der Waals surface area contributed by atoms with Gasteiger partial charge in [-0.15, -0.1) is 0 Å². The fraction of sp³-hybridized carbons (Fsp3) is 0.529. The summed E-state index contributed by atoms with van der Waals surface area (Å²) in [6.45, 7) is 6.04. The van der Waals surface area contributed by atoms with Crippen LogP contribution in [0.5, 0.6) is 5.75 Å². The highest BCUT2D eigenvalue weighted by molar-refractivity contribution is 6.06. The van der Waals surface area contributed by atoms with E-state index in [-0.39, 0.29) is 24.8 Å². The van der Waals surface area contributed by atoms with Gasteiger partial charge >= 0.3 is 6.03 Å². The molecule has 5 nitrogen and oxygen atoms in total. The first-order valence-electron chi connectivity index (χ1n) is 7.85. The van der Waals surface area contributed by atoms with E-state index in [1.807, 2.05) is 0 Å². The zero-order valence-corrected chi connectivity index (χ0v) is 13.8. The van der Waals surface area contributed by atoms with Gasteiger partial charge < -0.3 is 10.1 Å². The van der Waals surface area contributed by atoms with Crippen molar-refractivity contribution in [3.63, 3.8) is 0 Å². The van der Waals surface area contributed by atoms with Gasteiger partial charge in [-0.3, -0.25) is 9.69 Å². The highest BCUT2D eigenvalue weighted by Gasteiger charge is 2.47. The minimum atomic E-state index is -0.862. The summed E-state index contributed by atoms with van der Waals surface area (Å²) in [7, 11) is 0. The van der Waals surface area contributed by atoms with Crippen molar-refractivity contribution in [1.29, 1.82) is 0 Å². The molecule has 2 rings (SSSR count). The van der Waals surface area contributed by atoms with Crippen molar-refractivity contribution in [3.8, 4) is 5.75 Å². The Balaban J connectivity index is 1.92. The van der Waals surface area contributed by atoms with Crippen LogP contribution in [0.4, 0.5) is 9.18 Å². The predicted molar refractivity (Wildman–Crippen MR) is 84.6 cm³/mol. The molecule has 1 atom stereocenters. The van der Waals surface area contributed by atoms with Crippen LogP contribution in [0.3, 0.4) is 0 Å². The smallest absolute Gasteiger partial charge is 0.325 e. The van der Waals surface area contributed by atoms with E-state index in [4.69, 9.17) is 4.74 Å². The third-order valence-electron chi connectivity index (χ3n) is 3.98. The van der Waals surface area contributed by atoms with Gasteiger partial charge in [-0.05, 0) is 37.8 Å². The first-order valence-corrected chi connectivity index (χ1v) is 7.85. The van der Waals surface area contributed by atoms with Crippen LogP contribution in [-0.4, -0.2) is 35.5 Å². The summed E-state index contributed by atoms with van der Waals surface area (Å²) in [5, 5.41) is 2.75. The number of hydrogen-bond donors (Lipinski definition) is 1. The Hall–Kier alpha value is -2.11. The van der Waals surface area contributed by atoms with Gasteiger partial charge in [0.05, 0.1) is 6.54 Å². The Morgan fingerprint density at radius 3 is 2.65 bits per heavy atom. The van der Waals surface area contributed by atoms with Gasteiger partial charge in [-0.2, -0.15) is 0 Å². The molecule has 0 spiro atoms. The molecule has 1 aliphatic rings. The van der Waals surface area contributed by atoms with Crippen molar-refractivity contribution >= 4 is 11.9 Å². The minimum Gasteiger partial charge on any atom is -0.489 e. The summed E-state index contributed by atoms with van der Waals surface area (Å²) >= 11 is 0. The number of nitrogens with zero attached hydrogens (tertiary/aromatic N) is 1. The standard InChI is InChI=1S/C17H23FN2O3/c1-12(2)8-9-17(3)15(21)20(16(22)19-17)10-11-23-14-7-5-4-6-13(14)18/h4-7,12H,8-11H2,1-3H3,(H,19,22)/t17-/m0/s1. The molecule has 0 bridgehead atoms. The Bertz CT molecular complexity index is 591. The molecule has 0 aromatic heterocycles. The average molecular weight is 322 g/mol. The number of ether oxygens (including phenoxy) is 1. The Morgan fingerprint density at radius 1 is 1.30 bits per heavy atom. The van der Waals surface area contributed by atoms with Crippen LogP contribution in [0, 0.1) is 11.7 Å². The van der Waals surface area contributed by atoms with Crippen LogP contribution in [0.15, 0.2) is 24.3 Å². The second kappa shape index (κ2) is 6.98. The molecule has 1 saturated heterocycles. The van der Waals surface area contributed by atoms with Crippen LogP contribution >= 0.6 is 0 Å². The molecule has 126 valence electrons. The highest BCUT2D eigenvalue weighted by Crippen LogP contribution is 2.24. The lowest BCUT2D eigenvalue weighted by atomic mass is 9.92. The number of carbonyl (C=O) groups excluding carboxylic acids is 2. The maximum absolute atomic E-state index is 13.5. The lowest BCUT2D eigenvalue weighted by molar-refractivity contribution is -0.131. The van der Waals surface area contributed by atoms with Gasteiger partial charge in [-0.25, -0.2) is 9.18 Å². The van der Waals surface area contributed by atoms with E-state index < -0.39 is 17.4 Å². The minimum absolute atomic E-state index is 0.0559. The highest BCUT2D eigenvalue weighted by atomic mass is 19.1. The van der Waals surface area contributed by atoms with Crippen molar-refractivity contribution in [1.82, 2.24) is 10.2 Å². The van der Waals surface area contributed by atoms with Crippen molar-refractivity contribution < 1.29 is 18.7 Å². The molecule has 0 saturated carbocycles. The molecule has 23 heavy (non-hydrogen) atoms. The molecule has 3 amide bonds. The first kappa shape index (κ1) is 17.2. The number of imide groups is 1. The lowest BCUT2D eigenvalue weighted by Crippen LogP contribution is -2.44.